The maximum absolute atomic E-state index is 6.26. The molecular formula is C48H32N2O. The third-order valence-electron chi connectivity index (χ3n) is 9.96. The first-order chi connectivity index (χ1) is 25.3. The summed E-state index contributed by atoms with van der Waals surface area (Å²) in [6.07, 6.45) is 0. The first-order valence-corrected chi connectivity index (χ1v) is 17.4. The molecule has 0 aliphatic heterocycles. The summed E-state index contributed by atoms with van der Waals surface area (Å²) in [4.78, 5) is 2.37. The molecule has 0 radical (unpaired) electrons. The van der Waals surface area contributed by atoms with Gasteiger partial charge >= 0.3 is 0 Å². The van der Waals surface area contributed by atoms with E-state index >= 15 is 0 Å². The fourth-order valence-corrected chi connectivity index (χ4v) is 7.66. The molecule has 3 nitrogen and oxygen atoms in total. The third kappa shape index (κ3) is 4.90. The van der Waals surface area contributed by atoms with Crippen molar-refractivity contribution in [1.29, 1.82) is 0 Å². The summed E-state index contributed by atoms with van der Waals surface area (Å²) in [7, 11) is 0. The number of anilines is 3. The highest BCUT2D eigenvalue weighted by molar-refractivity contribution is 6.16. The Morgan fingerprint density at radius 1 is 0.373 bits per heavy atom. The van der Waals surface area contributed by atoms with Crippen LogP contribution in [-0.4, -0.2) is 4.57 Å². The van der Waals surface area contributed by atoms with E-state index in [-0.39, 0.29) is 0 Å². The Hall–Kier alpha value is -6.84. The van der Waals surface area contributed by atoms with E-state index in [1.807, 2.05) is 12.1 Å². The van der Waals surface area contributed by atoms with Crippen LogP contribution in [0.3, 0.4) is 0 Å². The van der Waals surface area contributed by atoms with E-state index in [9.17, 15) is 0 Å². The van der Waals surface area contributed by atoms with E-state index in [0.29, 0.717) is 0 Å². The molecule has 0 saturated carbocycles. The number of aromatic nitrogens is 1. The minimum atomic E-state index is 0.881. The van der Waals surface area contributed by atoms with Gasteiger partial charge in [0, 0.05) is 44.3 Å². The topological polar surface area (TPSA) is 21.3 Å². The summed E-state index contributed by atoms with van der Waals surface area (Å²) in [6.45, 7) is 0. The number of para-hydroxylation sites is 2. The van der Waals surface area contributed by atoms with Gasteiger partial charge in [-0.3, -0.25) is 0 Å². The van der Waals surface area contributed by atoms with Crippen LogP contribution in [0.1, 0.15) is 0 Å². The highest BCUT2D eigenvalue weighted by Gasteiger charge is 2.21. The molecule has 0 atom stereocenters. The summed E-state index contributed by atoms with van der Waals surface area (Å²) >= 11 is 0. The number of hydrogen-bond acceptors (Lipinski definition) is 2. The van der Waals surface area contributed by atoms with Crippen molar-refractivity contribution < 1.29 is 4.42 Å². The zero-order valence-electron chi connectivity index (χ0n) is 27.8. The second-order valence-electron chi connectivity index (χ2n) is 13.0. The van der Waals surface area contributed by atoms with Crippen molar-refractivity contribution in [3.8, 4) is 27.9 Å². The molecule has 0 aliphatic rings. The average Bonchev–Trinajstić information content (AvgIpc) is 3.74. The molecule has 51 heavy (non-hydrogen) atoms. The molecule has 240 valence electrons. The van der Waals surface area contributed by atoms with Gasteiger partial charge in [0.05, 0.1) is 11.0 Å². The van der Waals surface area contributed by atoms with E-state index in [1.165, 1.54) is 38.5 Å². The van der Waals surface area contributed by atoms with Gasteiger partial charge in [-0.2, -0.15) is 0 Å². The van der Waals surface area contributed by atoms with Crippen molar-refractivity contribution in [2.45, 2.75) is 0 Å². The number of nitrogens with zero attached hydrogens (tertiary/aromatic N) is 2. The van der Waals surface area contributed by atoms with Crippen LogP contribution < -0.4 is 4.90 Å². The van der Waals surface area contributed by atoms with Gasteiger partial charge in [-0.15, -0.1) is 0 Å². The zero-order valence-corrected chi connectivity index (χ0v) is 27.8. The molecule has 10 rings (SSSR count). The Morgan fingerprint density at radius 2 is 1.00 bits per heavy atom. The van der Waals surface area contributed by atoms with Crippen LogP contribution in [-0.2, 0) is 0 Å². The number of fused-ring (bicyclic) bond motifs is 6. The Kier molecular flexibility index (Phi) is 6.81. The van der Waals surface area contributed by atoms with Crippen molar-refractivity contribution in [2.24, 2.45) is 0 Å². The summed E-state index contributed by atoms with van der Waals surface area (Å²) in [5.41, 5.74) is 13.2. The zero-order chi connectivity index (χ0) is 33.7. The van der Waals surface area contributed by atoms with Crippen molar-refractivity contribution in [1.82, 2.24) is 4.57 Å². The highest BCUT2D eigenvalue weighted by Crippen LogP contribution is 2.44. The summed E-state index contributed by atoms with van der Waals surface area (Å²) < 4.78 is 8.67. The van der Waals surface area contributed by atoms with Gasteiger partial charge in [0.2, 0.25) is 0 Å². The summed E-state index contributed by atoms with van der Waals surface area (Å²) in [5.74, 6) is 0. The average molecular weight is 653 g/mol. The quantitative estimate of drug-likeness (QED) is 0.178. The van der Waals surface area contributed by atoms with Gasteiger partial charge in [0.15, 0.2) is 0 Å². The molecule has 2 heterocycles. The van der Waals surface area contributed by atoms with E-state index in [4.69, 9.17) is 4.42 Å². The largest absolute Gasteiger partial charge is 0.456 e. The molecule has 10 aromatic rings. The molecule has 3 heteroatoms. The lowest BCUT2D eigenvalue weighted by Crippen LogP contribution is -2.10. The smallest absolute Gasteiger partial charge is 0.135 e. The van der Waals surface area contributed by atoms with Crippen molar-refractivity contribution in [2.75, 3.05) is 4.90 Å². The van der Waals surface area contributed by atoms with Gasteiger partial charge < -0.3 is 13.9 Å². The highest BCUT2D eigenvalue weighted by atomic mass is 16.3. The van der Waals surface area contributed by atoms with Gasteiger partial charge in [-0.05, 0) is 89.0 Å². The molecule has 8 aromatic carbocycles. The lowest BCUT2D eigenvalue weighted by Gasteiger charge is -2.26. The predicted molar refractivity (Wildman–Crippen MR) is 214 cm³/mol. The van der Waals surface area contributed by atoms with E-state index in [1.54, 1.807) is 0 Å². The van der Waals surface area contributed by atoms with Gasteiger partial charge in [-0.25, -0.2) is 0 Å². The molecule has 0 bridgehead atoms. The monoisotopic (exact) mass is 652 g/mol. The van der Waals surface area contributed by atoms with E-state index in [0.717, 1.165) is 50.2 Å². The van der Waals surface area contributed by atoms with Crippen LogP contribution in [0, 0.1) is 0 Å². The second kappa shape index (κ2) is 11.9. The Balaban J connectivity index is 1.25. The minimum Gasteiger partial charge on any atom is -0.456 e. The normalized spacial score (nSPS) is 11.5. The van der Waals surface area contributed by atoms with E-state index in [2.05, 4.69) is 191 Å². The van der Waals surface area contributed by atoms with Crippen LogP contribution in [0.5, 0.6) is 0 Å². The maximum Gasteiger partial charge on any atom is 0.135 e. The van der Waals surface area contributed by atoms with Gasteiger partial charge in [-0.1, -0.05) is 127 Å². The first kappa shape index (κ1) is 29.1. The molecule has 0 N–H and O–H groups in total. The Morgan fingerprint density at radius 3 is 1.82 bits per heavy atom. The van der Waals surface area contributed by atoms with Crippen molar-refractivity contribution in [3.63, 3.8) is 0 Å². The molecule has 0 spiro atoms. The lowest BCUT2D eigenvalue weighted by atomic mass is 9.99. The van der Waals surface area contributed by atoms with Crippen molar-refractivity contribution >= 4 is 60.8 Å². The molecule has 0 amide bonds. The Bertz CT molecular complexity index is 2850. The molecule has 0 unspecified atom stereocenters. The minimum absolute atomic E-state index is 0.881. The predicted octanol–water partition coefficient (Wildman–Crippen LogP) is 13.5. The second-order valence-corrected chi connectivity index (χ2v) is 13.0. The first-order valence-electron chi connectivity index (χ1n) is 17.4. The molecule has 0 aliphatic carbocycles. The van der Waals surface area contributed by atoms with Crippen molar-refractivity contribution in [3.05, 3.63) is 194 Å². The van der Waals surface area contributed by atoms with Gasteiger partial charge in [0.25, 0.3) is 0 Å². The molecular weight excluding hydrogens is 621 g/mol. The number of hydrogen-bond donors (Lipinski definition) is 0. The van der Waals surface area contributed by atoms with Crippen LogP contribution in [0.4, 0.5) is 17.1 Å². The molecule has 2 aromatic heterocycles. The number of rotatable bonds is 6. The SMILES string of the molecule is c1ccc(-c2cccc(N(c3ccc4oc5ccccc5c4c3)c3ccc4c5c(-c6ccccc6)cccc5n(-c5ccccc5)c4c3)c2)cc1. The van der Waals surface area contributed by atoms with Crippen LogP contribution >= 0.6 is 0 Å². The fourth-order valence-electron chi connectivity index (χ4n) is 7.66. The van der Waals surface area contributed by atoms with E-state index < -0.39 is 0 Å². The number of benzene rings is 8. The standard InChI is InChI=1S/C48H32N2O/c1-4-14-33(15-5-1)35-18-12-21-37(30-35)49(38-27-29-47-43(31-38)41-22-10-11-25-46(41)51-47)39-26-28-42-45(32-39)50(36-19-8-3-9-20-36)44-24-13-23-40(48(42)44)34-16-6-2-7-17-34/h1-32H. The van der Waals surface area contributed by atoms with Crippen LogP contribution in [0.15, 0.2) is 199 Å². The summed E-state index contributed by atoms with van der Waals surface area (Å²) in [6, 6.07) is 69.2. The van der Waals surface area contributed by atoms with Crippen LogP contribution in [0.25, 0.3) is 71.7 Å². The maximum atomic E-state index is 6.26. The molecule has 0 saturated heterocycles. The fraction of sp³-hybridized carbons (Fsp3) is 0. The lowest BCUT2D eigenvalue weighted by molar-refractivity contribution is 0.669. The molecule has 0 fully saturated rings. The Labute approximate surface area is 295 Å². The van der Waals surface area contributed by atoms with Crippen LogP contribution in [0.2, 0.25) is 0 Å². The summed E-state index contributed by atoms with van der Waals surface area (Å²) in [5, 5.41) is 4.67. The number of furan rings is 1. The van der Waals surface area contributed by atoms with Gasteiger partial charge in [0.1, 0.15) is 11.2 Å². The third-order valence-corrected chi connectivity index (χ3v) is 9.96.